The van der Waals surface area contributed by atoms with Crippen LogP contribution in [-0.2, 0) is 6.42 Å². The van der Waals surface area contributed by atoms with Gasteiger partial charge in [-0.3, -0.25) is 0 Å². The van der Waals surface area contributed by atoms with Gasteiger partial charge < -0.3 is 10.5 Å². The van der Waals surface area contributed by atoms with Gasteiger partial charge >= 0.3 is 0 Å². The van der Waals surface area contributed by atoms with E-state index in [0.717, 1.165) is 21.5 Å². The minimum atomic E-state index is -0.0532. The maximum absolute atomic E-state index is 6.31. The van der Waals surface area contributed by atoms with Gasteiger partial charge in [-0.2, -0.15) is 0 Å². The van der Waals surface area contributed by atoms with E-state index in [2.05, 4.69) is 41.1 Å². The monoisotopic (exact) mass is 323 g/mol. The highest BCUT2D eigenvalue weighted by Gasteiger charge is 2.21. The highest BCUT2D eigenvalue weighted by Crippen LogP contribution is 2.34. The van der Waals surface area contributed by atoms with E-state index in [9.17, 15) is 0 Å². The predicted molar refractivity (Wildman–Crippen MR) is 78.3 cm³/mol. The number of nitrogens with two attached hydrogens (primary N) is 1. The molecule has 0 spiro atoms. The van der Waals surface area contributed by atoms with Gasteiger partial charge in [0.25, 0.3) is 0 Å². The number of ether oxygens (including phenoxy) is 1. The number of fused-ring (bicyclic) bond motifs is 1. The van der Waals surface area contributed by atoms with Gasteiger partial charge in [-0.05, 0) is 52.2 Å². The summed E-state index contributed by atoms with van der Waals surface area (Å²) >= 11 is 5.16. The summed E-state index contributed by atoms with van der Waals surface area (Å²) in [6, 6.07) is 10.3. The van der Waals surface area contributed by atoms with Gasteiger partial charge in [0.2, 0.25) is 0 Å². The van der Waals surface area contributed by atoms with E-state index in [0.29, 0.717) is 0 Å². The average Bonchev–Trinajstić information content (AvgIpc) is 2.92. The van der Waals surface area contributed by atoms with Crippen molar-refractivity contribution in [3.05, 3.63) is 50.1 Å². The molecule has 4 heteroatoms. The molecule has 2 aromatic rings. The molecule has 1 aromatic heterocycles. The summed E-state index contributed by atoms with van der Waals surface area (Å²) in [6.45, 7) is 2.09. The van der Waals surface area contributed by atoms with Crippen LogP contribution in [0.25, 0.3) is 0 Å². The number of hydrogen-bond donors (Lipinski definition) is 1. The first kappa shape index (κ1) is 12.2. The standard InChI is InChI=1S/C14H14BrNOS/c1-8-6-10-7-9(2-3-11(10)17-8)14(16)12-4-5-13(15)18-12/h2-5,7-8,14H,6,16H2,1H3. The van der Waals surface area contributed by atoms with Gasteiger partial charge in [0, 0.05) is 11.3 Å². The fourth-order valence-corrected chi connectivity index (χ4v) is 3.75. The highest BCUT2D eigenvalue weighted by molar-refractivity contribution is 9.11. The third-order valence-corrected chi connectivity index (χ3v) is 4.89. The summed E-state index contributed by atoms with van der Waals surface area (Å²) in [7, 11) is 0. The summed E-state index contributed by atoms with van der Waals surface area (Å²) in [5, 5.41) is 0. The molecule has 0 amide bonds. The second kappa shape index (κ2) is 4.68. The SMILES string of the molecule is CC1Cc2cc(C(N)c3ccc(Br)s3)ccc2O1. The van der Waals surface area contributed by atoms with Crippen LogP contribution in [0.5, 0.6) is 5.75 Å². The van der Waals surface area contributed by atoms with Gasteiger partial charge in [-0.25, -0.2) is 0 Å². The molecule has 3 rings (SSSR count). The first-order chi connectivity index (χ1) is 8.63. The lowest BCUT2D eigenvalue weighted by molar-refractivity contribution is 0.254. The van der Waals surface area contributed by atoms with Crippen LogP contribution in [0.15, 0.2) is 34.1 Å². The Morgan fingerprint density at radius 3 is 2.94 bits per heavy atom. The average molecular weight is 324 g/mol. The van der Waals surface area contributed by atoms with Gasteiger partial charge in [-0.1, -0.05) is 12.1 Å². The molecule has 94 valence electrons. The van der Waals surface area contributed by atoms with E-state index in [4.69, 9.17) is 10.5 Å². The molecule has 0 aliphatic carbocycles. The van der Waals surface area contributed by atoms with Crippen LogP contribution in [0.4, 0.5) is 0 Å². The molecule has 0 bridgehead atoms. The smallest absolute Gasteiger partial charge is 0.123 e. The van der Waals surface area contributed by atoms with E-state index in [-0.39, 0.29) is 12.1 Å². The van der Waals surface area contributed by atoms with Crippen molar-refractivity contribution in [1.82, 2.24) is 0 Å². The normalized spacial score (nSPS) is 19.4. The van der Waals surface area contributed by atoms with Crippen LogP contribution in [0, 0.1) is 0 Å². The van der Waals surface area contributed by atoms with Crippen molar-refractivity contribution in [3.63, 3.8) is 0 Å². The molecule has 2 heterocycles. The topological polar surface area (TPSA) is 35.2 Å². The van der Waals surface area contributed by atoms with E-state index in [1.54, 1.807) is 11.3 Å². The Bertz CT molecular complexity index is 581. The third kappa shape index (κ3) is 2.20. The van der Waals surface area contributed by atoms with Crippen LogP contribution < -0.4 is 10.5 Å². The lowest BCUT2D eigenvalue weighted by Crippen LogP contribution is -2.10. The Labute approximate surface area is 119 Å². The van der Waals surface area contributed by atoms with Crippen molar-refractivity contribution in [2.24, 2.45) is 5.73 Å². The van der Waals surface area contributed by atoms with Crippen molar-refractivity contribution in [3.8, 4) is 5.75 Å². The predicted octanol–water partition coefficient (Wildman–Crippen LogP) is 3.88. The van der Waals surface area contributed by atoms with Crippen LogP contribution in [-0.4, -0.2) is 6.10 Å². The number of rotatable bonds is 2. The number of halogens is 1. The molecule has 1 aliphatic rings. The van der Waals surface area contributed by atoms with Crippen molar-refractivity contribution < 1.29 is 4.74 Å². The molecule has 1 aromatic carbocycles. The highest BCUT2D eigenvalue weighted by atomic mass is 79.9. The van der Waals surface area contributed by atoms with E-state index in [1.807, 2.05) is 12.1 Å². The summed E-state index contributed by atoms with van der Waals surface area (Å²) in [5.41, 5.74) is 8.73. The lowest BCUT2D eigenvalue weighted by Gasteiger charge is -2.11. The van der Waals surface area contributed by atoms with Gasteiger partial charge in [0.15, 0.2) is 0 Å². The number of thiophene rings is 1. The molecule has 2 unspecified atom stereocenters. The van der Waals surface area contributed by atoms with Crippen LogP contribution in [0.2, 0.25) is 0 Å². The van der Waals surface area contributed by atoms with E-state index in [1.165, 1.54) is 10.4 Å². The molecule has 0 fully saturated rings. The number of benzene rings is 1. The first-order valence-corrected chi connectivity index (χ1v) is 7.55. The molecule has 2 nitrogen and oxygen atoms in total. The van der Waals surface area contributed by atoms with Crippen molar-refractivity contribution in [1.29, 1.82) is 0 Å². The quantitative estimate of drug-likeness (QED) is 0.910. The molecular weight excluding hydrogens is 310 g/mol. The Kier molecular flexibility index (Phi) is 3.18. The largest absolute Gasteiger partial charge is 0.490 e. The van der Waals surface area contributed by atoms with Crippen LogP contribution >= 0.6 is 27.3 Å². The second-order valence-corrected chi connectivity index (χ2v) is 7.11. The minimum Gasteiger partial charge on any atom is -0.490 e. The first-order valence-electron chi connectivity index (χ1n) is 5.94. The zero-order valence-corrected chi connectivity index (χ0v) is 12.4. The van der Waals surface area contributed by atoms with Crippen molar-refractivity contribution in [2.45, 2.75) is 25.5 Å². The van der Waals surface area contributed by atoms with Crippen LogP contribution in [0.1, 0.15) is 29.0 Å². The molecular formula is C14H14BrNOS. The lowest BCUT2D eigenvalue weighted by atomic mass is 10.0. The maximum Gasteiger partial charge on any atom is 0.123 e. The Morgan fingerprint density at radius 2 is 2.22 bits per heavy atom. The summed E-state index contributed by atoms with van der Waals surface area (Å²) < 4.78 is 6.82. The van der Waals surface area contributed by atoms with Crippen molar-refractivity contribution in [2.75, 3.05) is 0 Å². The zero-order valence-electron chi connectivity index (χ0n) is 10.0. The fourth-order valence-electron chi connectivity index (χ4n) is 2.30. The molecule has 0 saturated heterocycles. The second-order valence-electron chi connectivity index (χ2n) is 4.62. The Balaban J connectivity index is 1.91. The Morgan fingerprint density at radius 1 is 1.39 bits per heavy atom. The molecule has 2 atom stereocenters. The van der Waals surface area contributed by atoms with Gasteiger partial charge in [-0.15, -0.1) is 11.3 Å². The van der Waals surface area contributed by atoms with Gasteiger partial charge in [0.1, 0.15) is 11.9 Å². The molecule has 0 saturated carbocycles. The minimum absolute atomic E-state index is 0.0532. The summed E-state index contributed by atoms with van der Waals surface area (Å²) in [4.78, 5) is 1.17. The zero-order chi connectivity index (χ0) is 12.7. The molecule has 0 radical (unpaired) electrons. The number of hydrogen-bond acceptors (Lipinski definition) is 3. The fraction of sp³-hybridized carbons (Fsp3) is 0.286. The molecule has 2 N–H and O–H groups in total. The molecule has 18 heavy (non-hydrogen) atoms. The summed E-state index contributed by atoms with van der Waals surface area (Å²) in [5.74, 6) is 1.01. The maximum atomic E-state index is 6.31. The van der Waals surface area contributed by atoms with Gasteiger partial charge in [0.05, 0.1) is 9.83 Å². The molecule has 1 aliphatic heterocycles. The Hall–Kier alpha value is -0.840. The van der Waals surface area contributed by atoms with E-state index >= 15 is 0 Å². The third-order valence-electron chi connectivity index (χ3n) is 3.18. The van der Waals surface area contributed by atoms with Crippen molar-refractivity contribution >= 4 is 27.3 Å². The van der Waals surface area contributed by atoms with Crippen LogP contribution in [0.3, 0.4) is 0 Å². The van der Waals surface area contributed by atoms with E-state index < -0.39 is 0 Å². The summed E-state index contributed by atoms with van der Waals surface area (Å²) in [6.07, 6.45) is 1.26.